The largest absolute Gasteiger partial charge is 0.361 e. The molecule has 8 nitrogen and oxygen atoms in total. The zero-order chi connectivity index (χ0) is 31.2. The van der Waals surface area contributed by atoms with Crippen LogP contribution in [0.1, 0.15) is 40.7 Å². The van der Waals surface area contributed by atoms with Crippen molar-refractivity contribution in [3.05, 3.63) is 88.2 Å². The van der Waals surface area contributed by atoms with Gasteiger partial charge in [-0.15, -0.1) is 11.8 Å². The van der Waals surface area contributed by atoms with Crippen molar-refractivity contribution in [3.63, 3.8) is 0 Å². The number of aromatic nitrogens is 3. The van der Waals surface area contributed by atoms with Crippen LogP contribution in [0.25, 0.3) is 21.9 Å². The molecule has 4 aromatic rings. The highest BCUT2D eigenvalue weighted by Crippen LogP contribution is 2.37. The predicted molar refractivity (Wildman–Crippen MR) is 177 cm³/mol. The first kappa shape index (κ1) is 31.0. The molecular weight excluding hydrogens is 597 g/mol. The van der Waals surface area contributed by atoms with Crippen molar-refractivity contribution < 1.29 is 17.9 Å². The molecule has 0 radical (unpaired) electrons. The van der Waals surface area contributed by atoms with Crippen LogP contribution < -0.4 is 0 Å². The third-order valence-electron chi connectivity index (χ3n) is 7.89. The number of hydrogen-bond acceptors (Lipinski definition) is 7. The van der Waals surface area contributed by atoms with Crippen LogP contribution in [0.3, 0.4) is 0 Å². The van der Waals surface area contributed by atoms with Crippen molar-refractivity contribution in [2.24, 2.45) is 0 Å². The zero-order valence-electron chi connectivity index (χ0n) is 25.3. The fourth-order valence-corrected chi connectivity index (χ4v) is 8.48. The van der Waals surface area contributed by atoms with Crippen molar-refractivity contribution in [2.75, 3.05) is 12.9 Å². The van der Waals surface area contributed by atoms with Gasteiger partial charge >= 0.3 is 0 Å². The van der Waals surface area contributed by atoms with Crippen molar-refractivity contribution in [1.82, 2.24) is 13.5 Å². The number of nitriles is 1. The second-order valence-electron chi connectivity index (χ2n) is 12.3. The van der Waals surface area contributed by atoms with Crippen LogP contribution in [0, 0.1) is 18.3 Å². The number of nitrogens with zero attached hydrogens (tertiary/aromatic N) is 4. The van der Waals surface area contributed by atoms with Crippen LogP contribution in [0.2, 0.25) is 25.7 Å². The van der Waals surface area contributed by atoms with Crippen molar-refractivity contribution in [1.29, 1.82) is 5.26 Å². The number of fused-ring (bicyclic) bond motifs is 2. The minimum Gasteiger partial charge on any atom is -0.361 e. The Morgan fingerprint density at radius 2 is 1.98 bits per heavy atom. The van der Waals surface area contributed by atoms with E-state index in [1.54, 1.807) is 54.1 Å². The van der Waals surface area contributed by atoms with E-state index in [1.165, 1.54) is 15.7 Å². The normalized spacial score (nSPS) is 17.4. The van der Waals surface area contributed by atoms with E-state index in [0.717, 1.165) is 16.5 Å². The molecule has 1 unspecified atom stereocenters. The summed E-state index contributed by atoms with van der Waals surface area (Å²) in [5.41, 5.74) is 3.22. The second-order valence-corrected chi connectivity index (χ2v) is 21.1. The molecule has 1 atom stereocenters. The summed E-state index contributed by atoms with van der Waals surface area (Å²) in [5, 5.41) is 9.97. The molecule has 2 aromatic carbocycles. The first-order chi connectivity index (χ1) is 20.3. The number of carbonyl (C=O) groups is 1. The van der Waals surface area contributed by atoms with Gasteiger partial charge < -0.3 is 4.74 Å². The van der Waals surface area contributed by atoms with Crippen LogP contribution in [0.5, 0.6) is 0 Å². The van der Waals surface area contributed by atoms with Gasteiger partial charge in [-0.1, -0.05) is 37.9 Å². The van der Waals surface area contributed by atoms with E-state index in [9.17, 15) is 18.5 Å². The molecule has 224 valence electrons. The molecule has 0 spiro atoms. The first-order valence-corrected chi connectivity index (χ1v) is 20.5. The van der Waals surface area contributed by atoms with Gasteiger partial charge in [-0.3, -0.25) is 9.36 Å². The Labute approximate surface area is 258 Å². The second kappa shape index (κ2) is 11.6. The molecule has 0 saturated heterocycles. The molecule has 2 aromatic heterocycles. The highest BCUT2D eigenvalue weighted by atomic mass is 32.2. The SMILES string of the molecule is CSC1=CC(C)(S(=O)(=O)n2ccc3c(C(=O)c4nc5cc(C#N)ccc5n4COCC[Si](C)(C)C)ccc(C)c32)CC=C1. The van der Waals surface area contributed by atoms with Gasteiger partial charge in [0.1, 0.15) is 11.5 Å². The number of ether oxygens (including phenoxy) is 1. The van der Waals surface area contributed by atoms with Gasteiger partial charge in [0.2, 0.25) is 15.8 Å². The van der Waals surface area contributed by atoms with E-state index < -0.39 is 22.8 Å². The van der Waals surface area contributed by atoms with E-state index in [2.05, 4.69) is 30.7 Å². The summed E-state index contributed by atoms with van der Waals surface area (Å²) in [7, 11) is -5.20. The zero-order valence-corrected chi connectivity index (χ0v) is 28.0. The van der Waals surface area contributed by atoms with Crippen LogP contribution in [-0.4, -0.2) is 53.4 Å². The average molecular weight is 633 g/mol. The number of rotatable bonds is 10. The maximum Gasteiger partial charge on any atom is 0.248 e. The lowest BCUT2D eigenvalue weighted by molar-refractivity contribution is 0.0835. The van der Waals surface area contributed by atoms with Gasteiger partial charge in [-0.2, -0.15) is 5.26 Å². The number of hydrogen-bond donors (Lipinski definition) is 0. The maximum atomic E-state index is 14.2. The smallest absolute Gasteiger partial charge is 0.248 e. The molecule has 5 rings (SSSR count). The van der Waals surface area contributed by atoms with E-state index in [1.807, 2.05) is 31.4 Å². The van der Waals surface area contributed by atoms with E-state index in [4.69, 9.17) is 4.74 Å². The van der Waals surface area contributed by atoms with Crippen molar-refractivity contribution in [3.8, 4) is 6.07 Å². The molecule has 2 heterocycles. The van der Waals surface area contributed by atoms with Crippen molar-refractivity contribution in [2.45, 2.75) is 57.4 Å². The standard InChI is InChI=1S/C32H36N4O4S2Si/c1-22-9-11-26(25-13-15-36(29(22)25)42(38,39)32(2)14-7-8-24(19-32)41-3)30(37)31-34-27-18-23(20-33)10-12-28(27)35(31)21-40-16-17-43(4,5)6/h7-13,15,18-19H,14,16-17,21H2,1-6H3. The third kappa shape index (κ3) is 5.77. The Hall–Kier alpha value is -3.43. The van der Waals surface area contributed by atoms with E-state index >= 15 is 0 Å². The van der Waals surface area contributed by atoms with E-state index in [-0.39, 0.29) is 18.3 Å². The summed E-state index contributed by atoms with van der Waals surface area (Å²) < 4.78 is 36.2. The number of imidazole rings is 1. The molecule has 0 bridgehead atoms. The summed E-state index contributed by atoms with van der Waals surface area (Å²) in [6.07, 6.45) is 9.46. The highest BCUT2D eigenvalue weighted by molar-refractivity contribution is 8.02. The van der Waals surface area contributed by atoms with Gasteiger partial charge in [-0.05, 0) is 74.5 Å². The Morgan fingerprint density at radius 3 is 2.67 bits per heavy atom. The first-order valence-electron chi connectivity index (χ1n) is 14.1. The Balaban J connectivity index is 1.60. The molecule has 43 heavy (non-hydrogen) atoms. The lowest BCUT2D eigenvalue weighted by atomic mass is 10.0. The Morgan fingerprint density at radius 1 is 1.21 bits per heavy atom. The summed E-state index contributed by atoms with van der Waals surface area (Å²) in [6.45, 7) is 11.1. The quantitative estimate of drug-likeness (QED) is 0.107. The minimum absolute atomic E-state index is 0.133. The summed E-state index contributed by atoms with van der Waals surface area (Å²) >= 11 is 1.51. The van der Waals surface area contributed by atoms with Gasteiger partial charge in [0.25, 0.3) is 0 Å². The molecule has 1 aliphatic rings. The van der Waals surface area contributed by atoms with E-state index in [0.29, 0.717) is 46.1 Å². The molecule has 1 aliphatic carbocycles. The number of carbonyl (C=O) groups excluding carboxylic acids is 1. The Bertz CT molecular complexity index is 1960. The fourth-order valence-electron chi connectivity index (χ4n) is 5.30. The van der Waals surface area contributed by atoms with Gasteiger partial charge in [0, 0.05) is 36.7 Å². The summed E-state index contributed by atoms with van der Waals surface area (Å²) in [4.78, 5) is 19.8. The number of benzene rings is 2. The lowest BCUT2D eigenvalue weighted by Crippen LogP contribution is -2.38. The van der Waals surface area contributed by atoms with Gasteiger partial charge in [0.05, 0.1) is 28.2 Å². The van der Waals surface area contributed by atoms with Crippen LogP contribution >= 0.6 is 11.8 Å². The molecule has 0 fully saturated rings. The number of ketones is 1. The van der Waals surface area contributed by atoms with Gasteiger partial charge in [-0.25, -0.2) is 17.4 Å². The van der Waals surface area contributed by atoms with Crippen molar-refractivity contribution >= 4 is 57.6 Å². The lowest BCUT2D eigenvalue weighted by Gasteiger charge is -2.29. The number of allylic oxidation sites excluding steroid dienone is 2. The molecule has 11 heteroatoms. The van der Waals surface area contributed by atoms with Crippen LogP contribution in [0.4, 0.5) is 0 Å². The molecule has 0 aliphatic heterocycles. The molecule has 0 amide bonds. The summed E-state index contributed by atoms with van der Waals surface area (Å²) in [6, 6.07) is 13.4. The van der Waals surface area contributed by atoms with Crippen LogP contribution in [-0.2, 0) is 21.5 Å². The fraction of sp³-hybridized carbons (Fsp3) is 0.344. The van der Waals surface area contributed by atoms with Gasteiger partial charge in [0.15, 0.2) is 5.82 Å². The number of thioether (sulfide) groups is 1. The molecule has 0 N–H and O–H groups in total. The minimum atomic E-state index is -3.88. The topological polar surface area (TPSA) is 107 Å². The molecular formula is C32H36N4O4S2Si. The van der Waals surface area contributed by atoms with Crippen LogP contribution in [0.15, 0.2) is 65.7 Å². The number of aryl methyl sites for hydroxylation is 1. The third-order valence-corrected chi connectivity index (χ3v) is 12.6. The average Bonchev–Trinajstić information content (AvgIpc) is 3.57. The summed E-state index contributed by atoms with van der Waals surface area (Å²) in [5.74, 6) is -0.171. The maximum absolute atomic E-state index is 14.2. The predicted octanol–water partition coefficient (Wildman–Crippen LogP) is 6.86. The monoisotopic (exact) mass is 632 g/mol. The molecule has 0 saturated carbocycles. The highest BCUT2D eigenvalue weighted by Gasteiger charge is 2.40. The Kier molecular flexibility index (Phi) is 8.35.